The van der Waals surface area contributed by atoms with Crippen LogP contribution in [0.15, 0.2) is 24.5 Å². The van der Waals surface area contributed by atoms with Crippen molar-refractivity contribution in [1.82, 2.24) is 20.2 Å². The Balaban J connectivity index is 2.02. The Morgan fingerprint density at radius 2 is 2.09 bits per heavy atom. The summed E-state index contributed by atoms with van der Waals surface area (Å²) in [5.41, 5.74) is 1.18. The number of hydrogen-bond acceptors (Lipinski definition) is 7. The van der Waals surface area contributed by atoms with Crippen molar-refractivity contribution >= 4 is 17.6 Å². The molecule has 0 aliphatic heterocycles. The number of esters is 1. The molecule has 2 aromatic rings. The summed E-state index contributed by atoms with van der Waals surface area (Å²) in [6.07, 6.45) is 2.29. The Kier molecular flexibility index (Phi) is 5.61. The lowest BCUT2D eigenvalue weighted by Gasteiger charge is -2.11. The van der Waals surface area contributed by atoms with Gasteiger partial charge in [-0.2, -0.15) is 4.68 Å². The lowest BCUT2D eigenvalue weighted by atomic mass is 10.2. The maximum Gasteiger partial charge on any atom is 0.305 e. The molecule has 1 aromatic heterocycles. The summed E-state index contributed by atoms with van der Waals surface area (Å²) >= 11 is 0. The highest BCUT2D eigenvalue weighted by atomic mass is 16.5. The fourth-order valence-electron chi connectivity index (χ4n) is 1.94. The van der Waals surface area contributed by atoms with Gasteiger partial charge < -0.3 is 14.8 Å². The molecule has 0 radical (unpaired) electrons. The zero-order valence-electron chi connectivity index (χ0n) is 12.9. The highest BCUT2D eigenvalue weighted by Crippen LogP contribution is 2.25. The molecule has 1 amide bonds. The van der Waals surface area contributed by atoms with Crippen molar-refractivity contribution in [2.45, 2.75) is 19.3 Å². The summed E-state index contributed by atoms with van der Waals surface area (Å²) in [4.78, 5) is 22.9. The van der Waals surface area contributed by atoms with Crippen LogP contribution in [0, 0.1) is 0 Å². The third-order valence-electron chi connectivity index (χ3n) is 3.07. The monoisotopic (exact) mass is 319 g/mol. The summed E-state index contributed by atoms with van der Waals surface area (Å²) in [7, 11) is 2.86. The molecule has 1 heterocycles. The van der Waals surface area contributed by atoms with Crippen LogP contribution in [-0.2, 0) is 14.3 Å². The van der Waals surface area contributed by atoms with Gasteiger partial charge in [0.1, 0.15) is 17.8 Å². The second kappa shape index (κ2) is 7.87. The van der Waals surface area contributed by atoms with Gasteiger partial charge in [-0.25, -0.2) is 0 Å². The first-order valence-electron chi connectivity index (χ1n) is 6.92. The van der Waals surface area contributed by atoms with Crippen molar-refractivity contribution in [3.63, 3.8) is 0 Å². The lowest BCUT2D eigenvalue weighted by Crippen LogP contribution is -2.12. The van der Waals surface area contributed by atoms with E-state index in [0.717, 1.165) is 0 Å². The van der Waals surface area contributed by atoms with Gasteiger partial charge in [0.2, 0.25) is 5.91 Å². The van der Waals surface area contributed by atoms with E-state index < -0.39 is 0 Å². The Labute approximate surface area is 132 Å². The number of rotatable bonds is 7. The number of hydrogen-bond donors (Lipinski definition) is 1. The van der Waals surface area contributed by atoms with Crippen LogP contribution >= 0.6 is 0 Å². The van der Waals surface area contributed by atoms with Gasteiger partial charge in [0.05, 0.1) is 14.2 Å². The largest absolute Gasteiger partial charge is 0.494 e. The smallest absolute Gasteiger partial charge is 0.305 e. The van der Waals surface area contributed by atoms with Gasteiger partial charge in [-0.15, -0.1) is 5.10 Å². The number of nitrogens with zero attached hydrogens (tertiary/aromatic N) is 4. The van der Waals surface area contributed by atoms with Crippen LogP contribution in [0.3, 0.4) is 0 Å². The molecule has 0 saturated heterocycles. The Bertz CT molecular complexity index is 672. The van der Waals surface area contributed by atoms with E-state index >= 15 is 0 Å². The lowest BCUT2D eigenvalue weighted by molar-refractivity contribution is -0.140. The average Bonchev–Trinajstić information content (AvgIpc) is 3.09. The molecule has 0 aliphatic carbocycles. The molecular formula is C14H17N5O4. The number of nitrogens with one attached hydrogen (secondary N) is 1. The number of amides is 1. The number of carbonyl (C=O) groups excluding carboxylic acids is 2. The molecule has 1 aromatic carbocycles. The molecule has 0 aliphatic rings. The number of aromatic nitrogens is 4. The van der Waals surface area contributed by atoms with Crippen molar-refractivity contribution in [3.8, 4) is 11.4 Å². The van der Waals surface area contributed by atoms with Crippen LogP contribution in [0.25, 0.3) is 5.69 Å². The Hall–Kier alpha value is -2.97. The summed E-state index contributed by atoms with van der Waals surface area (Å²) in [5.74, 6) is 0.0472. The summed E-state index contributed by atoms with van der Waals surface area (Å²) in [5, 5.41) is 13.7. The van der Waals surface area contributed by atoms with Crippen molar-refractivity contribution in [2.75, 3.05) is 19.5 Å². The van der Waals surface area contributed by atoms with Gasteiger partial charge in [0.15, 0.2) is 0 Å². The molecule has 1 N–H and O–H groups in total. The van der Waals surface area contributed by atoms with Crippen LogP contribution in [0.1, 0.15) is 19.3 Å². The van der Waals surface area contributed by atoms with Crippen molar-refractivity contribution in [3.05, 3.63) is 24.5 Å². The van der Waals surface area contributed by atoms with Gasteiger partial charge in [0, 0.05) is 18.5 Å². The summed E-state index contributed by atoms with van der Waals surface area (Å²) in [6.45, 7) is 0. The number of methoxy groups -OCH3 is 2. The second-order valence-corrected chi connectivity index (χ2v) is 4.62. The van der Waals surface area contributed by atoms with E-state index in [2.05, 4.69) is 25.6 Å². The molecule has 23 heavy (non-hydrogen) atoms. The van der Waals surface area contributed by atoms with Gasteiger partial charge >= 0.3 is 5.97 Å². The van der Waals surface area contributed by atoms with Crippen LogP contribution in [-0.4, -0.2) is 46.3 Å². The standard InChI is InChI=1S/C14H17N5O4/c1-22-12-7-6-10(8-11(12)19-9-15-17-18-19)16-13(20)4-3-5-14(21)23-2/h6-9H,3-5H2,1-2H3,(H,16,20). The van der Waals surface area contributed by atoms with Crippen LogP contribution in [0.2, 0.25) is 0 Å². The molecule has 2 rings (SSSR count). The van der Waals surface area contributed by atoms with E-state index in [9.17, 15) is 9.59 Å². The molecule has 0 unspecified atom stereocenters. The van der Waals surface area contributed by atoms with E-state index in [1.807, 2.05) is 0 Å². The minimum atomic E-state index is -0.330. The van der Waals surface area contributed by atoms with E-state index in [0.29, 0.717) is 23.5 Å². The van der Waals surface area contributed by atoms with Crippen molar-refractivity contribution in [2.24, 2.45) is 0 Å². The Morgan fingerprint density at radius 1 is 1.26 bits per heavy atom. The summed E-state index contributed by atoms with van der Waals surface area (Å²) < 4.78 is 11.2. The highest BCUT2D eigenvalue weighted by molar-refractivity contribution is 5.91. The zero-order valence-corrected chi connectivity index (χ0v) is 12.9. The predicted molar refractivity (Wildman–Crippen MR) is 80.2 cm³/mol. The molecule has 122 valence electrons. The summed E-state index contributed by atoms with van der Waals surface area (Å²) in [6, 6.07) is 5.12. The number of tetrazole rings is 1. The van der Waals surface area contributed by atoms with E-state index in [1.165, 1.54) is 25.2 Å². The molecule has 9 nitrogen and oxygen atoms in total. The fraction of sp³-hybridized carbons (Fsp3) is 0.357. The van der Waals surface area contributed by atoms with Gasteiger partial charge in [-0.3, -0.25) is 9.59 Å². The number of ether oxygens (including phenoxy) is 2. The quantitative estimate of drug-likeness (QED) is 0.757. The Morgan fingerprint density at radius 3 is 2.74 bits per heavy atom. The maximum atomic E-state index is 11.9. The molecule has 0 saturated carbocycles. The normalized spacial score (nSPS) is 10.2. The molecular weight excluding hydrogens is 302 g/mol. The second-order valence-electron chi connectivity index (χ2n) is 4.62. The first-order chi connectivity index (χ1) is 11.1. The number of anilines is 1. The molecule has 0 fully saturated rings. The predicted octanol–water partition coefficient (Wildman–Crippen LogP) is 0.953. The number of carbonyl (C=O) groups is 2. The molecule has 0 atom stereocenters. The maximum absolute atomic E-state index is 11.9. The van der Waals surface area contributed by atoms with Gasteiger partial charge in [0.25, 0.3) is 0 Å². The van der Waals surface area contributed by atoms with Crippen LogP contribution < -0.4 is 10.1 Å². The molecule has 9 heteroatoms. The van der Waals surface area contributed by atoms with E-state index in [1.54, 1.807) is 18.2 Å². The van der Waals surface area contributed by atoms with E-state index in [-0.39, 0.29) is 24.7 Å². The third kappa shape index (κ3) is 4.50. The third-order valence-corrected chi connectivity index (χ3v) is 3.07. The zero-order chi connectivity index (χ0) is 16.7. The minimum absolute atomic E-state index is 0.193. The van der Waals surface area contributed by atoms with Gasteiger partial charge in [-0.1, -0.05) is 0 Å². The molecule has 0 spiro atoms. The fourth-order valence-corrected chi connectivity index (χ4v) is 1.94. The number of benzene rings is 1. The average molecular weight is 319 g/mol. The first kappa shape index (κ1) is 16.4. The van der Waals surface area contributed by atoms with Crippen molar-refractivity contribution in [1.29, 1.82) is 0 Å². The minimum Gasteiger partial charge on any atom is -0.494 e. The van der Waals surface area contributed by atoms with E-state index in [4.69, 9.17) is 4.74 Å². The van der Waals surface area contributed by atoms with Gasteiger partial charge in [-0.05, 0) is 35.0 Å². The van der Waals surface area contributed by atoms with Crippen molar-refractivity contribution < 1.29 is 19.1 Å². The topological polar surface area (TPSA) is 108 Å². The highest BCUT2D eigenvalue weighted by Gasteiger charge is 2.10. The first-order valence-corrected chi connectivity index (χ1v) is 6.92. The SMILES string of the molecule is COC(=O)CCCC(=O)Nc1ccc(OC)c(-n2cnnn2)c1. The molecule has 0 bridgehead atoms. The van der Waals surface area contributed by atoms with Crippen LogP contribution in [0.4, 0.5) is 5.69 Å². The van der Waals surface area contributed by atoms with Crippen LogP contribution in [0.5, 0.6) is 5.75 Å².